The number of carbonyl (C=O) groups excluding carboxylic acids is 1. The summed E-state index contributed by atoms with van der Waals surface area (Å²) in [7, 11) is 0. The zero-order valence-corrected chi connectivity index (χ0v) is 15.7. The van der Waals surface area contributed by atoms with Crippen LogP contribution >= 0.6 is 0 Å². The van der Waals surface area contributed by atoms with E-state index in [4.69, 9.17) is 9.15 Å². The molecule has 4 rings (SSSR count). The highest BCUT2D eigenvalue weighted by molar-refractivity contribution is 5.96. The predicted octanol–water partition coefficient (Wildman–Crippen LogP) is 4.36. The van der Waals surface area contributed by atoms with Crippen LogP contribution in [0.1, 0.15) is 27.2 Å². The molecule has 4 aromatic rings. The van der Waals surface area contributed by atoms with Crippen molar-refractivity contribution in [1.29, 1.82) is 0 Å². The van der Waals surface area contributed by atoms with Crippen molar-refractivity contribution in [2.75, 3.05) is 6.61 Å². The van der Waals surface area contributed by atoms with E-state index in [0.717, 1.165) is 11.1 Å². The third-order valence-corrected chi connectivity index (χ3v) is 4.70. The van der Waals surface area contributed by atoms with E-state index < -0.39 is 5.97 Å². The van der Waals surface area contributed by atoms with Gasteiger partial charge in [-0.1, -0.05) is 36.4 Å². The summed E-state index contributed by atoms with van der Waals surface area (Å²) in [5, 5.41) is 0.740. The van der Waals surface area contributed by atoms with Crippen LogP contribution in [-0.2, 0) is 11.2 Å². The number of rotatable bonds is 4. The number of nitrogens with zero attached hydrogens (tertiary/aromatic N) is 1. The van der Waals surface area contributed by atoms with Gasteiger partial charge in [0.1, 0.15) is 5.58 Å². The number of pyridine rings is 1. The lowest BCUT2D eigenvalue weighted by atomic mass is 10.1. The molecule has 2 aromatic heterocycles. The number of ether oxygens (including phenoxy) is 1. The fourth-order valence-corrected chi connectivity index (χ4v) is 3.17. The normalized spacial score (nSPS) is 11.1. The van der Waals surface area contributed by atoms with E-state index >= 15 is 0 Å². The van der Waals surface area contributed by atoms with Crippen LogP contribution in [0.25, 0.3) is 22.1 Å². The molecule has 0 N–H and O–H groups in total. The smallest absolute Gasteiger partial charge is 0.340 e. The lowest BCUT2D eigenvalue weighted by Gasteiger charge is -2.08. The second-order valence-corrected chi connectivity index (χ2v) is 6.78. The van der Waals surface area contributed by atoms with Gasteiger partial charge in [-0.25, -0.2) is 9.78 Å². The topological polar surface area (TPSA) is 69.4 Å². The van der Waals surface area contributed by atoms with Crippen LogP contribution in [0.2, 0.25) is 0 Å². The maximum Gasteiger partial charge on any atom is 0.340 e. The number of esters is 1. The monoisotopic (exact) mass is 373 g/mol. The summed E-state index contributed by atoms with van der Waals surface area (Å²) in [6, 6.07) is 16.7. The molecule has 2 heterocycles. The van der Waals surface area contributed by atoms with E-state index in [9.17, 15) is 9.59 Å². The molecule has 0 spiro atoms. The van der Waals surface area contributed by atoms with E-state index in [0.29, 0.717) is 23.1 Å². The van der Waals surface area contributed by atoms with Gasteiger partial charge < -0.3 is 9.15 Å². The maximum absolute atomic E-state index is 12.8. The molecule has 140 valence electrons. The highest BCUT2D eigenvalue weighted by Gasteiger charge is 2.17. The molecule has 0 saturated heterocycles. The van der Waals surface area contributed by atoms with Crippen molar-refractivity contribution in [2.45, 2.75) is 20.3 Å². The van der Waals surface area contributed by atoms with E-state index in [1.165, 1.54) is 6.07 Å². The van der Waals surface area contributed by atoms with Crippen LogP contribution in [0.4, 0.5) is 0 Å². The van der Waals surface area contributed by atoms with Crippen molar-refractivity contribution >= 4 is 28.0 Å². The number of carbonyl (C=O) groups is 1. The summed E-state index contributed by atoms with van der Waals surface area (Å²) >= 11 is 0. The summed E-state index contributed by atoms with van der Waals surface area (Å²) < 4.78 is 11.2. The van der Waals surface area contributed by atoms with Crippen molar-refractivity contribution in [3.05, 3.63) is 87.2 Å². The van der Waals surface area contributed by atoms with Gasteiger partial charge in [-0.05, 0) is 43.2 Å². The first-order valence-corrected chi connectivity index (χ1v) is 9.09. The van der Waals surface area contributed by atoms with Crippen LogP contribution in [0.5, 0.6) is 0 Å². The molecular weight excluding hydrogens is 354 g/mol. The minimum absolute atomic E-state index is 0.206. The van der Waals surface area contributed by atoms with Gasteiger partial charge in [-0.2, -0.15) is 0 Å². The van der Waals surface area contributed by atoms with Crippen molar-refractivity contribution in [1.82, 2.24) is 4.98 Å². The van der Waals surface area contributed by atoms with E-state index in [-0.39, 0.29) is 28.7 Å². The Labute approximate surface area is 161 Å². The fourth-order valence-electron chi connectivity index (χ4n) is 3.17. The standard InChI is InChI=1S/C23H19NO4/c1-14-8-9-17-20(12-14)28-22-19(21(17)25)13-18(15(2)24-22)23(26)27-11-10-16-6-4-3-5-7-16/h3-9,12-13H,10-11H2,1-2H3. The van der Waals surface area contributed by atoms with Crippen LogP contribution in [0, 0.1) is 13.8 Å². The molecule has 2 aromatic carbocycles. The Morgan fingerprint density at radius 2 is 1.82 bits per heavy atom. The first-order chi connectivity index (χ1) is 13.5. The number of hydrogen-bond acceptors (Lipinski definition) is 5. The van der Waals surface area contributed by atoms with E-state index in [1.54, 1.807) is 19.1 Å². The molecule has 0 radical (unpaired) electrons. The maximum atomic E-state index is 12.8. The summed E-state index contributed by atoms with van der Waals surface area (Å²) in [6.07, 6.45) is 0.624. The zero-order valence-electron chi connectivity index (χ0n) is 15.7. The largest absolute Gasteiger partial charge is 0.462 e. The Bertz CT molecular complexity index is 1240. The number of hydrogen-bond donors (Lipinski definition) is 0. The van der Waals surface area contributed by atoms with Crippen molar-refractivity contribution in [3.8, 4) is 0 Å². The molecule has 0 aliphatic carbocycles. The average Bonchev–Trinajstić information content (AvgIpc) is 2.68. The molecule has 0 amide bonds. The molecule has 0 atom stereocenters. The van der Waals surface area contributed by atoms with Crippen LogP contribution in [0.15, 0.2) is 63.8 Å². The minimum Gasteiger partial charge on any atom is -0.462 e. The van der Waals surface area contributed by atoms with Crippen molar-refractivity contribution in [3.63, 3.8) is 0 Å². The Morgan fingerprint density at radius 3 is 2.61 bits per heavy atom. The lowest BCUT2D eigenvalue weighted by Crippen LogP contribution is -2.12. The SMILES string of the molecule is Cc1ccc2c(=O)c3cc(C(=O)OCCc4ccccc4)c(C)nc3oc2c1. The highest BCUT2D eigenvalue weighted by Crippen LogP contribution is 2.21. The number of aromatic nitrogens is 1. The van der Waals surface area contributed by atoms with Crippen LogP contribution in [0.3, 0.4) is 0 Å². The van der Waals surface area contributed by atoms with Gasteiger partial charge in [0, 0.05) is 6.42 Å². The van der Waals surface area contributed by atoms with Gasteiger partial charge in [-0.3, -0.25) is 4.79 Å². The van der Waals surface area contributed by atoms with Gasteiger partial charge in [0.2, 0.25) is 11.1 Å². The molecular formula is C23H19NO4. The molecule has 0 unspecified atom stereocenters. The Morgan fingerprint density at radius 1 is 1.04 bits per heavy atom. The average molecular weight is 373 g/mol. The molecule has 5 heteroatoms. The molecule has 0 saturated carbocycles. The lowest BCUT2D eigenvalue weighted by molar-refractivity contribution is 0.0508. The minimum atomic E-state index is -0.494. The first kappa shape index (κ1) is 17.9. The van der Waals surface area contributed by atoms with Crippen LogP contribution in [-0.4, -0.2) is 17.6 Å². The van der Waals surface area contributed by atoms with E-state index in [2.05, 4.69) is 4.98 Å². The molecule has 0 bridgehead atoms. The molecule has 0 aliphatic heterocycles. The quantitative estimate of drug-likeness (QED) is 0.393. The van der Waals surface area contributed by atoms with Gasteiger partial charge >= 0.3 is 5.97 Å². The molecule has 5 nitrogen and oxygen atoms in total. The Kier molecular flexibility index (Phi) is 4.65. The number of aryl methyl sites for hydroxylation is 2. The van der Waals surface area contributed by atoms with Gasteiger partial charge in [0.05, 0.1) is 28.6 Å². The van der Waals surface area contributed by atoms with Gasteiger partial charge in [-0.15, -0.1) is 0 Å². The second-order valence-electron chi connectivity index (χ2n) is 6.78. The Balaban J connectivity index is 1.65. The number of fused-ring (bicyclic) bond motifs is 2. The van der Waals surface area contributed by atoms with Crippen molar-refractivity contribution in [2.24, 2.45) is 0 Å². The van der Waals surface area contributed by atoms with Gasteiger partial charge in [0.25, 0.3) is 0 Å². The Hall–Kier alpha value is -3.47. The molecule has 28 heavy (non-hydrogen) atoms. The summed E-state index contributed by atoms with van der Waals surface area (Å²) in [6.45, 7) is 3.89. The van der Waals surface area contributed by atoms with Crippen LogP contribution < -0.4 is 5.43 Å². The first-order valence-electron chi connectivity index (χ1n) is 9.09. The zero-order chi connectivity index (χ0) is 19.7. The fraction of sp³-hybridized carbons (Fsp3) is 0.174. The van der Waals surface area contributed by atoms with Crippen molar-refractivity contribution < 1.29 is 13.9 Å². The third-order valence-electron chi connectivity index (χ3n) is 4.70. The summed E-state index contributed by atoms with van der Waals surface area (Å²) in [5.41, 5.74) is 3.33. The molecule has 0 aliphatic rings. The third kappa shape index (κ3) is 3.39. The summed E-state index contributed by atoms with van der Waals surface area (Å²) in [5.74, 6) is -0.494. The summed E-state index contributed by atoms with van der Waals surface area (Å²) in [4.78, 5) is 29.7. The van der Waals surface area contributed by atoms with Gasteiger partial charge in [0.15, 0.2) is 0 Å². The highest BCUT2D eigenvalue weighted by atomic mass is 16.5. The second kappa shape index (κ2) is 7.27. The predicted molar refractivity (Wildman–Crippen MR) is 108 cm³/mol. The van der Waals surface area contributed by atoms with E-state index in [1.807, 2.05) is 43.3 Å². The molecule has 0 fully saturated rings. The number of benzene rings is 2.